The Morgan fingerprint density at radius 2 is 0.851 bits per heavy atom. The lowest BCUT2D eigenvalue weighted by molar-refractivity contribution is -0.144. The number of rotatable bonds is 34. The van der Waals surface area contributed by atoms with Gasteiger partial charge in [0.1, 0.15) is 0 Å². The Labute approximate surface area is 290 Å². The summed E-state index contributed by atoms with van der Waals surface area (Å²) in [7, 11) is 3.52. The van der Waals surface area contributed by atoms with Gasteiger partial charge in [-0.15, -0.1) is 0 Å². The average molecular weight is 671 g/mol. The lowest BCUT2D eigenvalue weighted by Crippen LogP contribution is -2.25. The number of unbranched alkanes of at least 4 members (excludes halogenated alkanes) is 22. The zero-order chi connectivity index (χ0) is 35.1. The van der Waals surface area contributed by atoms with E-state index < -0.39 is 6.09 Å². The van der Waals surface area contributed by atoms with Crippen LogP contribution in [0.2, 0.25) is 0 Å². The molecule has 0 aromatic heterocycles. The first kappa shape index (κ1) is 47.3. The molecular weight excluding hydrogens is 592 g/mol. The van der Waals surface area contributed by atoms with Crippen LogP contribution in [0, 0.1) is 0 Å². The summed E-state index contributed by atoms with van der Waals surface area (Å²) in [6, 6.07) is 0. The molecule has 0 aliphatic carbocycles. The van der Waals surface area contributed by atoms with Crippen LogP contribution in [0.5, 0.6) is 0 Å². The number of carbonyl (C=O) groups is 3. The number of amides is 1. The molecule has 0 saturated heterocycles. The van der Waals surface area contributed by atoms with Crippen molar-refractivity contribution in [3.05, 3.63) is 0 Å². The number of nitrogens with zero attached hydrogens (tertiary/aromatic N) is 1. The van der Waals surface area contributed by atoms with Gasteiger partial charge in [-0.1, -0.05) is 142 Å². The number of carbonyl (C=O) groups excluding carboxylic acids is 2. The van der Waals surface area contributed by atoms with Crippen LogP contribution >= 0.6 is 0 Å². The van der Waals surface area contributed by atoms with Gasteiger partial charge in [-0.05, 0) is 52.1 Å². The molecule has 0 aliphatic rings. The molecule has 0 spiro atoms. The predicted octanol–water partition coefficient (Wildman–Crippen LogP) is 10.9. The smallest absolute Gasteiger partial charge is 0.407 e. The van der Waals surface area contributed by atoms with Gasteiger partial charge in [-0.2, -0.15) is 0 Å². The van der Waals surface area contributed by atoms with Gasteiger partial charge in [-0.3, -0.25) is 9.59 Å². The molecule has 0 aromatic rings. The summed E-state index contributed by atoms with van der Waals surface area (Å²) in [6.07, 6.45) is 31.6. The third kappa shape index (κ3) is 42.1. The second-order valence-electron chi connectivity index (χ2n) is 13.2. The molecule has 0 saturated carbocycles. The average Bonchev–Trinajstić information content (AvgIpc) is 3.06. The normalized spacial score (nSPS) is 10.7. The Balaban J connectivity index is 0. The van der Waals surface area contributed by atoms with Crippen LogP contribution in [0.25, 0.3) is 0 Å². The van der Waals surface area contributed by atoms with Crippen LogP contribution in [0.15, 0.2) is 0 Å². The second kappa shape index (κ2) is 40.3. The quantitative estimate of drug-likeness (QED) is 0.0518. The van der Waals surface area contributed by atoms with Gasteiger partial charge in [0, 0.05) is 26.4 Å². The molecule has 47 heavy (non-hydrogen) atoms. The first-order valence-electron chi connectivity index (χ1n) is 19.8. The predicted molar refractivity (Wildman–Crippen MR) is 197 cm³/mol. The lowest BCUT2D eigenvalue weighted by atomic mass is 10.1. The molecule has 0 bridgehead atoms. The molecule has 8 heteroatoms. The minimum Gasteiger partial charge on any atom is -0.466 e. The van der Waals surface area contributed by atoms with E-state index in [1.807, 2.05) is 7.05 Å². The molecule has 0 atom stereocenters. The Hall–Kier alpha value is -1.83. The summed E-state index contributed by atoms with van der Waals surface area (Å²) in [5.41, 5.74) is 0. The maximum Gasteiger partial charge on any atom is 0.407 e. The van der Waals surface area contributed by atoms with Gasteiger partial charge in [-0.25, -0.2) is 4.79 Å². The maximum absolute atomic E-state index is 11.6. The van der Waals surface area contributed by atoms with Gasteiger partial charge in [0.25, 0.3) is 0 Å². The highest BCUT2D eigenvalue weighted by Gasteiger charge is 2.06. The standard InChI is InChI=1S/C20H39NO4.C19H39NO2/c1-3-4-5-6-7-8-9-10-11-15-18-25-19(22)16-13-12-14-17-21(2)20(23)24;1-3-4-5-6-7-8-9-10-11-15-18-22-19(21)16-13-12-14-17-20-2/h3-18H2,1-2H3,(H,23,24);20H,3-18H2,1-2H3. The van der Waals surface area contributed by atoms with Crippen molar-refractivity contribution in [3.8, 4) is 0 Å². The van der Waals surface area contributed by atoms with Crippen LogP contribution in [-0.2, 0) is 19.1 Å². The Bertz CT molecular complexity index is 676. The summed E-state index contributed by atoms with van der Waals surface area (Å²) >= 11 is 0. The zero-order valence-corrected chi connectivity index (χ0v) is 31.6. The SMILES string of the molecule is CCCCCCCCCCCCOC(=O)CCCCCN(C)C(=O)O.CCCCCCCCCCCCOC(=O)CCCCCNC. The summed E-state index contributed by atoms with van der Waals surface area (Å²) in [5, 5.41) is 11.8. The number of hydrogen-bond donors (Lipinski definition) is 2. The molecule has 0 aromatic carbocycles. The van der Waals surface area contributed by atoms with Crippen molar-refractivity contribution in [2.75, 3.05) is 40.4 Å². The maximum atomic E-state index is 11.6. The summed E-state index contributed by atoms with van der Waals surface area (Å²) in [6.45, 7) is 7.21. The van der Waals surface area contributed by atoms with E-state index in [4.69, 9.17) is 14.6 Å². The van der Waals surface area contributed by atoms with Crippen LogP contribution in [0.4, 0.5) is 4.79 Å². The Morgan fingerprint density at radius 1 is 0.511 bits per heavy atom. The number of carboxylic acid groups (broad SMARTS) is 1. The molecule has 8 nitrogen and oxygen atoms in total. The molecule has 2 N–H and O–H groups in total. The molecule has 0 aliphatic heterocycles. The van der Waals surface area contributed by atoms with Gasteiger partial charge in [0.15, 0.2) is 0 Å². The molecule has 0 heterocycles. The highest BCUT2D eigenvalue weighted by molar-refractivity contribution is 5.69. The van der Waals surface area contributed by atoms with Crippen LogP contribution in [0.3, 0.4) is 0 Å². The van der Waals surface area contributed by atoms with E-state index in [2.05, 4.69) is 19.2 Å². The van der Waals surface area contributed by atoms with Crippen LogP contribution < -0.4 is 5.32 Å². The van der Waals surface area contributed by atoms with Crippen LogP contribution in [-0.4, -0.2) is 68.4 Å². The Kier molecular flexibility index (Phi) is 40.6. The highest BCUT2D eigenvalue weighted by atomic mass is 16.5. The van der Waals surface area contributed by atoms with E-state index >= 15 is 0 Å². The fraction of sp³-hybridized carbons (Fsp3) is 0.923. The topological polar surface area (TPSA) is 105 Å². The van der Waals surface area contributed by atoms with E-state index in [0.717, 1.165) is 64.3 Å². The van der Waals surface area contributed by atoms with E-state index in [-0.39, 0.29) is 11.9 Å². The second-order valence-corrected chi connectivity index (χ2v) is 13.2. The number of esters is 2. The number of nitrogens with one attached hydrogen (secondary N) is 1. The van der Waals surface area contributed by atoms with Crippen LogP contribution in [0.1, 0.15) is 194 Å². The zero-order valence-electron chi connectivity index (χ0n) is 31.6. The molecule has 1 amide bonds. The van der Waals surface area contributed by atoms with Gasteiger partial charge in [0.05, 0.1) is 13.2 Å². The van der Waals surface area contributed by atoms with Crippen molar-refractivity contribution in [1.29, 1.82) is 0 Å². The molecule has 0 unspecified atom stereocenters. The summed E-state index contributed by atoms with van der Waals surface area (Å²) in [4.78, 5) is 35.0. The minimum atomic E-state index is -0.907. The van der Waals surface area contributed by atoms with Crippen molar-refractivity contribution in [3.63, 3.8) is 0 Å². The fourth-order valence-electron chi connectivity index (χ4n) is 5.33. The van der Waals surface area contributed by atoms with Crippen molar-refractivity contribution < 1.29 is 29.0 Å². The summed E-state index contributed by atoms with van der Waals surface area (Å²) in [5.74, 6) is -0.136. The largest absolute Gasteiger partial charge is 0.466 e. The third-order valence-corrected chi connectivity index (χ3v) is 8.53. The van der Waals surface area contributed by atoms with Gasteiger partial charge >= 0.3 is 18.0 Å². The molecule has 0 radical (unpaired) electrons. The van der Waals surface area contributed by atoms with E-state index in [9.17, 15) is 14.4 Å². The minimum absolute atomic E-state index is 0.0135. The lowest BCUT2D eigenvalue weighted by Gasteiger charge is -2.11. The van der Waals surface area contributed by atoms with Crippen molar-refractivity contribution >= 4 is 18.0 Å². The molecule has 0 fully saturated rings. The highest BCUT2D eigenvalue weighted by Crippen LogP contribution is 2.12. The van der Waals surface area contributed by atoms with E-state index in [0.29, 0.717) is 32.6 Å². The number of hydrogen-bond acceptors (Lipinski definition) is 6. The van der Waals surface area contributed by atoms with Crippen molar-refractivity contribution in [2.24, 2.45) is 0 Å². The summed E-state index contributed by atoms with van der Waals surface area (Å²) < 4.78 is 10.5. The molecule has 280 valence electrons. The Morgan fingerprint density at radius 3 is 1.21 bits per heavy atom. The van der Waals surface area contributed by atoms with Crippen molar-refractivity contribution in [2.45, 2.75) is 194 Å². The van der Waals surface area contributed by atoms with E-state index in [1.54, 1.807) is 7.05 Å². The molecular formula is C39H78N2O6. The van der Waals surface area contributed by atoms with Gasteiger partial charge < -0.3 is 24.8 Å². The van der Waals surface area contributed by atoms with Gasteiger partial charge in [0.2, 0.25) is 0 Å². The third-order valence-electron chi connectivity index (χ3n) is 8.53. The fourth-order valence-corrected chi connectivity index (χ4v) is 5.33. The van der Waals surface area contributed by atoms with Crippen molar-refractivity contribution in [1.82, 2.24) is 10.2 Å². The molecule has 0 rings (SSSR count). The first-order valence-corrected chi connectivity index (χ1v) is 19.8. The van der Waals surface area contributed by atoms with E-state index in [1.165, 1.54) is 114 Å². The monoisotopic (exact) mass is 671 g/mol. The number of ether oxygens (including phenoxy) is 2. The first-order chi connectivity index (χ1) is 22.9.